The van der Waals surface area contributed by atoms with Gasteiger partial charge in [0.1, 0.15) is 18.1 Å². The fraction of sp³-hybridized carbons (Fsp3) is 0.545. The molecule has 0 spiro atoms. The van der Waals surface area contributed by atoms with Crippen LogP contribution in [0.25, 0.3) is 0 Å². The second-order valence-corrected chi connectivity index (χ2v) is 5.00. The van der Waals surface area contributed by atoms with Crippen molar-refractivity contribution in [2.24, 2.45) is 0 Å². The summed E-state index contributed by atoms with van der Waals surface area (Å²) in [4.78, 5) is 56.9. The van der Waals surface area contributed by atoms with Crippen LogP contribution >= 0.6 is 0 Å². The summed E-state index contributed by atoms with van der Waals surface area (Å²) in [6, 6.07) is -2.41. The maximum Gasteiger partial charge on any atom is 0.326 e. The number of imide groups is 1. The molecule has 0 saturated carbocycles. The Morgan fingerprint density at radius 2 is 1.86 bits per heavy atom. The van der Waals surface area contributed by atoms with Crippen molar-refractivity contribution in [3.63, 3.8) is 0 Å². The molecule has 1 aliphatic rings. The minimum absolute atomic E-state index is 0.632. The summed E-state index contributed by atoms with van der Waals surface area (Å²) in [7, 11) is 0. The number of aliphatic carboxylic acids is 2. The zero-order valence-corrected chi connectivity index (χ0v) is 11.4. The highest BCUT2D eigenvalue weighted by Gasteiger charge is 2.45. The molecule has 1 atom stereocenters. The molecule has 21 heavy (non-hydrogen) atoms. The highest BCUT2D eigenvalue weighted by Crippen LogP contribution is 2.15. The van der Waals surface area contributed by atoms with Crippen LogP contribution in [0, 0.1) is 0 Å². The fourth-order valence-electron chi connectivity index (χ4n) is 1.72. The van der Waals surface area contributed by atoms with Crippen molar-refractivity contribution in [3.8, 4) is 0 Å². The maximum atomic E-state index is 11.8. The van der Waals surface area contributed by atoms with E-state index in [2.05, 4.69) is 5.32 Å². The Kier molecular flexibility index (Phi) is 4.51. The Labute approximate surface area is 119 Å². The van der Waals surface area contributed by atoms with Gasteiger partial charge in [-0.15, -0.1) is 0 Å². The van der Waals surface area contributed by atoms with Crippen LogP contribution in [0.1, 0.15) is 20.3 Å². The SMILES string of the molecule is CC1(C)NC(=O)N(CC(=O)N[C@@H](CC(=O)O)C(=O)O)C1=O. The lowest BCUT2D eigenvalue weighted by Gasteiger charge is -2.17. The first-order valence-corrected chi connectivity index (χ1v) is 5.92. The number of carboxylic acids is 2. The molecule has 1 rings (SSSR count). The third-order valence-corrected chi connectivity index (χ3v) is 2.76. The summed E-state index contributed by atoms with van der Waals surface area (Å²) in [6.07, 6.45) is -0.813. The minimum Gasteiger partial charge on any atom is -0.481 e. The third-order valence-electron chi connectivity index (χ3n) is 2.76. The van der Waals surface area contributed by atoms with Gasteiger partial charge in [-0.2, -0.15) is 0 Å². The lowest BCUT2D eigenvalue weighted by atomic mass is 10.1. The molecule has 0 aromatic rings. The smallest absolute Gasteiger partial charge is 0.326 e. The van der Waals surface area contributed by atoms with E-state index in [9.17, 15) is 24.0 Å². The second-order valence-electron chi connectivity index (χ2n) is 5.00. The zero-order valence-electron chi connectivity index (χ0n) is 11.4. The van der Waals surface area contributed by atoms with Crippen LogP contribution in [0.5, 0.6) is 0 Å². The van der Waals surface area contributed by atoms with E-state index in [4.69, 9.17) is 10.2 Å². The van der Waals surface area contributed by atoms with Gasteiger partial charge in [-0.3, -0.25) is 19.3 Å². The van der Waals surface area contributed by atoms with Gasteiger partial charge in [0.25, 0.3) is 5.91 Å². The van der Waals surface area contributed by atoms with Crippen molar-refractivity contribution in [3.05, 3.63) is 0 Å². The summed E-state index contributed by atoms with van der Waals surface area (Å²) in [5.74, 6) is -4.50. The molecule has 0 aliphatic carbocycles. The minimum atomic E-state index is -1.64. The molecular formula is C11H15N3O7. The highest BCUT2D eigenvalue weighted by molar-refractivity contribution is 6.08. The number of carbonyl (C=O) groups excluding carboxylic acids is 3. The largest absolute Gasteiger partial charge is 0.481 e. The molecule has 0 unspecified atom stereocenters. The van der Waals surface area contributed by atoms with Crippen molar-refractivity contribution in [1.82, 2.24) is 15.5 Å². The molecule has 4 amide bonds. The molecule has 0 bridgehead atoms. The number of rotatable bonds is 6. The number of urea groups is 1. The number of hydrogen-bond acceptors (Lipinski definition) is 5. The van der Waals surface area contributed by atoms with Crippen molar-refractivity contribution >= 4 is 29.8 Å². The topological polar surface area (TPSA) is 153 Å². The standard InChI is InChI=1S/C11H15N3O7/c1-11(2)9(20)14(10(21)13-11)4-6(15)12-5(8(18)19)3-7(16)17/h5H,3-4H2,1-2H3,(H,12,15)(H,13,21)(H,16,17)(H,18,19)/t5-/m0/s1. The van der Waals surface area contributed by atoms with Crippen LogP contribution in [-0.4, -0.2) is 63.0 Å². The first-order valence-electron chi connectivity index (χ1n) is 5.92. The highest BCUT2D eigenvalue weighted by atomic mass is 16.4. The average molecular weight is 301 g/mol. The van der Waals surface area contributed by atoms with Gasteiger partial charge in [-0.1, -0.05) is 0 Å². The van der Waals surface area contributed by atoms with Gasteiger partial charge < -0.3 is 20.8 Å². The number of carboxylic acid groups (broad SMARTS) is 2. The number of carbonyl (C=O) groups is 5. The molecular weight excluding hydrogens is 286 g/mol. The van der Waals surface area contributed by atoms with Gasteiger partial charge in [0.15, 0.2) is 0 Å². The Hall–Kier alpha value is -2.65. The molecule has 4 N–H and O–H groups in total. The fourth-order valence-corrected chi connectivity index (χ4v) is 1.72. The van der Waals surface area contributed by atoms with Gasteiger partial charge in [0.2, 0.25) is 5.91 Å². The summed E-state index contributed by atoms with van der Waals surface area (Å²) in [5.41, 5.74) is -1.15. The average Bonchev–Trinajstić information content (AvgIpc) is 2.50. The van der Waals surface area contributed by atoms with Gasteiger partial charge in [0, 0.05) is 0 Å². The Bertz CT molecular complexity index is 514. The van der Waals surface area contributed by atoms with E-state index < -0.39 is 54.3 Å². The van der Waals surface area contributed by atoms with E-state index in [-0.39, 0.29) is 0 Å². The van der Waals surface area contributed by atoms with Gasteiger partial charge in [-0.25, -0.2) is 9.59 Å². The molecule has 116 valence electrons. The van der Waals surface area contributed by atoms with Crippen molar-refractivity contribution in [2.75, 3.05) is 6.54 Å². The molecule has 1 heterocycles. The summed E-state index contributed by atoms with van der Waals surface area (Å²) >= 11 is 0. The van der Waals surface area contributed by atoms with E-state index in [0.717, 1.165) is 0 Å². The van der Waals surface area contributed by atoms with E-state index >= 15 is 0 Å². The molecule has 0 aromatic heterocycles. The van der Waals surface area contributed by atoms with Crippen molar-refractivity contribution in [1.29, 1.82) is 0 Å². The van der Waals surface area contributed by atoms with Crippen LogP contribution in [-0.2, 0) is 19.2 Å². The monoisotopic (exact) mass is 301 g/mol. The lowest BCUT2D eigenvalue weighted by Crippen LogP contribution is -2.48. The van der Waals surface area contributed by atoms with Crippen LogP contribution in [0.3, 0.4) is 0 Å². The van der Waals surface area contributed by atoms with Gasteiger partial charge >= 0.3 is 18.0 Å². The van der Waals surface area contributed by atoms with E-state index in [1.807, 2.05) is 5.32 Å². The number of nitrogens with one attached hydrogen (secondary N) is 2. The van der Waals surface area contributed by atoms with Crippen LogP contribution in [0.15, 0.2) is 0 Å². The summed E-state index contributed by atoms with van der Waals surface area (Å²) < 4.78 is 0. The second kappa shape index (κ2) is 5.77. The first-order chi connectivity index (χ1) is 9.54. The quantitative estimate of drug-likeness (QED) is 0.429. The van der Waals surface area contributed by atoms with Gasteiger partial charge in [-0.05, 0) is 13.8 Å². The zero-order chi connectivity index (χ0) is 16.4. The summed E-state index contributed by atoms with van der Waals surface area (Å²) in [5, 5.41) is 21.6. The Morgan fingerprint density at radius 3 is 2.24 bits per heavy atom. The molecule has 0 radical (unpaired) electrons. The third kappa shape index (κ3) is 3.91. The Morgan fingerprint density at radius 1 is 1.29 bits per heavy atom. The molecule has 10 heteroatoms. The number of amides is 4. The van der Waals surface area contributed by atoms with Crippen LogP contribution < -0.4 is 10.6 Å². The van der Waals surface area contributed by atoms with Crippen molar-refractivity contribution in [2.45, 2.75) is 31.8 Å². The first kappa shape index (κ1) is 16.4. The molecule has 1 aliphatic heterocycles. The number of hydrogen-bond donors (Lipinski definition) is 4. The van der Waals surface area contributed by atoms with E-state index in [1.165, 1.54) is 13.8 Å². The molecule has 0 aromatic carbocycles. The molecule has 1 fully saturated rings. The van der Waals surface area contributed by atoms with Crippen LogP contribution in [0.4, 0.5) is 4.79 Å². The van der Waals surface area contributed by atoms with E-state index in [1.54, 1.807) is 0 Å². The maximum absolute atomic E-state index is 11.8. The molecule has 10 nitrogen and oxygen atoms in total. The predicted octanol–water partition coefficient (Wildman–Crippen LogP) is -1.64. The van der Waals surface area contributed by atoms with E-state index in [0.29, 0.717) is 4.90 Å². The van der Waals surface area contributed by atoms with Crippen LogP contribution in [0.2, 0.25) is 0 Å². The van der Waals surface area contributed by atoms with Gasteiger partial charge in [0.05, 0.1) is 6.42 Å². The lowest BCUT2D eigenvalue weighted by molar-refractivity contribution is -0.147. The Balaban J connectivity index is 2.69. The molecule has 1 saturated heterocycles. The number of nitrogens with zero attached hydrogens (tertiary/aromatic N) is 1. The normalized spacial score (nSPS) is 18.1. The summed E-state index contributed by atoms with van der Waals surface area (Å²) in [6.45, 7) is 2.22. The predicted molar refractivity (Wildman–Crippen MR) is 66.1 cm³/mol. The van der Waals surface area contributed by atoms with Crippen molar-refractivity contribution < 1.29 is 34.2 Å².